The normalized spacial score (nSPS) is 14.3. The Kier molecular flexibility index (Phi) is 2.71. The Labute approximate surface area is 103 Å². The van der Waals surface area contributed by atoms with Gasteiger partial charge in [-0.05, 0) is 18.6 Å². The molecular weight excluding hydrogens is 238 g/mol. The summed E-state index contributed by atoms with van der Waals surface area (Å²) < 4.78 is 9.92. The van der Waals surface area contributed by atoms with Crippen LogP contribution in [0.3, 0.4) is 0 Å². The van der Waals surface area contributed by atoms with E-state index >= 15 is 0 Å². The molecule has 18 heavy (non-hydrogen) atoms. The third kappa shape index (κ3) is 2.20. The number of nitrogens with zero attached hydrogens (tertiary/aromatic N) is 3. The van der Waals surface area contributed by atoms with Gasteiger partial charge in [-0.3, -0.25) is 5.01 Å². The number of carbonyl (C=O) groups excluding carboxylic acids is 1. The van der Waals surface area contributed by atoms with Crippen molar-refractivity contribution < 1.29 is 19.0 Å². The van der Waals surface area contributed by atoms with Crippen LogP contribution in [0.5, 0.6) is 0 Å². The van der Waals surface area contributed by atoms with Crippen molar-refractivity contribution in [2.45, 2.75) is 6.42 Å². The Hall–Kier alpha value is -2.31. The lowest BCUT2D eigenvalue weighted by Gasteiger charge is -2.25. The van der Waals surface area contributed by atoms with Gasteiger partial charge in [-0.1, -0.05) is 18.2 Å². The minimum absolute atomic E-state index is 0.182. The van der Waals surface area contributed by atoms with E-state index in [0.29, 0.717) is 5.56 Å². The molecule has 2 aromatic rings. The summed E-state index contributed by atoms with van der Waals surface area (Å²) in [6.07, 6.45) is 1.15. The smallest absolute Gasteiger partial charge is 0.341 e. The van der Waals surface area contributed by atoms with Crippen molar-refractivity contribution in [2.75, 3.05) is 24.9 Å². The van der Waals surface area contributed by atoms with Crippen molar-refractivity contribution in [1.29, 1.82) is 0 Å². The topological polar surface area (TPSA) is 61.8 Å². The van der Waals surface area contributed by atoms with Gasteiger partial charge in [0.1, 0.15) is 5.02 Å². The average Bonchev–Trinajstić information content (AvgIpc) is 3.07. The summed E-state index contributed by atoms with van der Waals surface area (Å²) in [7, 11) is 0. The van der Waals surface area contributed by atoms with Crippen molar-refractivity contribution in [3.63, 3.8) is 0 Å². The summed E-state index contributed by atoms with van der Waals surface area (Å²) in [6.45, 7) is 1.71. The lowest BCUT2D eigenvalue weighted by molar-refractivity contribution is -0.0606. The quantitative estimate of drug-likeness (QED) is 0.571. The van der Waals surface area contributed by atoms with Gasteiger partial charge in [0.05, 0.1) is 5.56 Å². The van der Waals surface area contributed by atoms with Crippen LogP contribution in [0.25, 0.3) is 0 Å². The fraction of sp³-hybridized carbons (Fsp3) is 0.364. The van der Waals surface area contributed by atoms with Crippen LogP contribution < -0.4 is 9.85 Å². The Morgan fingerprint density at radius 1 is 1.28 bits per heavy atom. The second-order valence-electron chi connectivity index (χ2n) is 3.92. The maximum Gasteiger partial charge on any atom is 0.341 e. The van der Waals surface area contributed by atoms with Gasteiger partial charge >= 0.3 is 5.97 Å². The highest BCUT2D eigenvalue weighted by atomic mass is 17.0. The third-order valence-electron chi connectivity index (χ3n) is 2.69. The molecule has 2 heterocycles. The molecule has 0 bridgehead atoms. The standard InChI is InChI=1S/C11H13N3O4/c15-11(10-5-2-1-3-6-10)16-9-17-14-13(18-14)12-7-4-8-12/h1-3,5-6H,4,7-9H2. The van der Waals surface area contributed by atoms with E-state index in [1.165, 1.54) is 9.98 Å². The van der Waals surface area contributed by atoms with E-state index in [9.17, 15) is 4.79 Å². The Bertz CT molecular complexity index is 509. The summed E-state index contributed by atoms with van der Waals surface area (Å²) >= 11 is 0. The first-order valence-electron chi connectivity index (χ1n) is 5.73. The van der Waals surface area contributed by atoms with E-state index in [1.54, 1.807) is 24.3 Å². The summed E-state index contributed by atoms with van der Waals surface area (Å²) in [6, 6.07) is 8.75. The molecule has 1 aromatic heterocycles. The van der Waals surface area contributed by atoms with E-state index in [1.807, 2.05) is 11.1 Å². The van der Waals surface area contributed by atoms with E-state index < -0.39 is 5.97 Å². The van der Waals surface area contributed by atoms with E-state index in [4.69, 9.17) is 14.2 Å². The summed E-state index contributed by atoms with van der Waals surface area (Å²) in [4.78, 5) is 18.1. The molecule has 1 saturated heterocycles. The predicted molar refractivity (Wildman–Crippen MR) is 60.6 cm³/mol. The van der Waals surface area contributed by atoms with Crippen LogP contribution in [0.15, 0.2) is 35.0 Å². The van der Waals surface area contributed by atoms with Crippen LogP contribution in [-0.2, 0) is 4.74 Å². The van der Waals surface area contributed by atoms with Crippen molar-refractivity contribution in [1.82, 2.24) is 9.98 Å². The molecule has 3 rings (SSSR count). The van der Waals surface area contributed by atoms with Gasteiger partial charge in [-0.25, -0.2) is 4.79 Å². The summed E-state index contributed by atoms with van der Waals surface area (Å²) in [5.74, 6) is -0.423. The Morgan fingerprint density at radius 2 is 2.06 bits per heavy atom. The van der Waals surface area contributed by atoms with Gasteiger partial charge in [0, 0.05) is 18.1 Å². The molecule has 1 aromatic carbocycles. The first-order valence-corrected chi connectivity index (χ1v) is 5.73. The van der Waals surface area contributed by atoms with Crippen molar-refractivity contribution in [2.24, 2.45) is 0 Å². The van der Waals surface area contributed by atoms with Crippen molar-refractivity contribution in [3.05, 3.63) is 35.9 Å². The van der Waals surface area contributed by atoms with Crippen LogP contribution >= 0.6 is 0 Å². The fourth-order valence-electron chi connectivity index (χ4n) is 1.53. The number of ether oxygens (including phenoxy) is 1. The van der Waals surface area contributed by atoms with Crippen LogP contribution in [-0.4, -0.2) is 35.8 Å². The molecule has 0 spiro atoms. The number of hydrogen-bond acceptors (Lipinski definition) is 5. The molecule has 0 radical (unpaired) electrons. The summed E-state index contributed by atoms with van der Waals surface area (Å²) in [5.41, 5.74) is 0.493. The molecule has 0 aliphatic carbocycles. The first kappa shape index (κ1) is 10.8. The monoisotopic (exact) mass is 251 g/mol. The third-order valence-corrected chi connectivity index (χ3v) is 2.69. The number of benzene rings is 1. The average molecular weight is 251 g/mol. The van der Waals surface area contributed by atoms with Crippen molar-refractivity contribution >= 4 is 5.97 Å². The number of rotatable bonds is 5. The second kappa shape index (κ2) is 4.52. The molecular formula is C11H13N3O4. The maximum absolute atomic E-state index is 11.5. The molecule has 0 N–H and O–H groups in total. The van der Waals surface area contributed by atoms with Crippen LogP contribution in [0.1, 0.15) is 16.8 Å². The van der Waals surface area contributed by atoms with Gasteiger partial charge in [0.2, 0.25) is 0 Å². The molecule has 0 unspecified atom stereocenters. The fourth-order valence-corrected chi connectivity index (χ4v) is 1.53. The van der Waals surface area contributed by atoms with E-state index in [-0.39, 0.29) is 6.79 Å². The molecule has 0 atom stereocenters. The van der Waals surface area contributed by atoms with Gasteiger partial charge in [-0.2, -0.15) is 4.63 Å². The highest BCUT2D eigenvalue weighted by molar-refractivity contribution is 5.89. The van der Waals surface area contributed by atoms with Crippen LogP contribution in [0.2, 0.25) is 0 Å². The summed E-state index contributed by atoms with van der Waals surface area (Å²) in [5, 5.41) is 3.14. The number of carbonyl (C=O) groups is 1. The zero-order valence-electron chi connectivity index (χ0n) is 9.69. The van der Waals surface area contributed by atoms with E-state index in [0.717, 1.165) is 19.5 Å². The minimum atomic E-state index is -0.423. The zero-order chi connectivity index (χ0) is 12.4. The lowest BCUT2D eigenvalue weighted by atomic mass is 10.2. The zero-order valence-corrected chi connectivity index (χ0v) is 9.69. The predicted octanol–water partition coefficient (Wildman–Crippen LogP) is 0.467. The molecule has 1 aliphatic rings. The molecule has 1 aliphatic heterocycles. The Morgan fingerprint density at radius 3 is 2.72 bits per heavy atom. The molecule has 0 amide bonds. The van der Waals surface area contributed by atoms with Crippen LogP contribution in [0, 0.1) is 0 Å². The first-order chi connectivity index (χ1) is 8.84. The van der Waals surface area contributed by atoms with Gasteiger partial charge in [0.25, 0.3) is 6.79 Å². The highest BCUT2D eigenvalue weighted by Gasteiger charge is 2.25. The SMILES string of the molecule is O=C(OCOn1on1N1CCC1)c1ccccc1. The number of hydrogen-bond donors (Lipinski definition) is 0. The molecule has 1 fully saturated rings. The molecule has 0 saturated carbocycles. The van der Waals surface area contributed by atoms with Gasteiger partial charge in [-0.15, -0.1) is 0 Å². The molecule has 96 valence electrons. The van der Waals surface area contributed by atoms with Crippen LogP contribution in [0.4, 0.5) is 0 Å². The largest absolute Gasteiger partial charge is 0.422 e. The maximum atomic E-state index is 11.5. The van der Waals surface area contributed by atoms with Gasteiger partial charge < -0.3 is 9.57 Å². The van der Waals surface area contributed by atoms with E-state index in [2.05, 4.69) is 0 Å². The highest BCUT2D eigenvalue weighted by Crippen LogP contribution is 2.08. The molecule has 7 heteroatoms. The van der Waals surface area contributed by atoms with Gasteiger partial charge in [0.15, 0.2) is 0 Å². The van der Waals surface area contributed by atoms with Crippen molar-refractivity contribution in [3.8, 4) is 0 Å². The minimum Gasteiger partial charge on any atom is -0.422 e. The molecule has 7 nitrogen and oxygen atoms in total. The number of aromatic nitrogens is 2. The lowest BCUT2D eigenvalue weighted by Crippen LogP contribution is -2.44. The Balaban J connectivity index is 1.42. The number of esters is 1. The second-order valence-corrected chi connectivity index (χ2v) is 3.92.